The van der Waals surface area contributed by atoms with Gasteiger partial charge in [-0.1, -0.05) is 0 Å². The van der Waals surface area contributed by atoms with E-state index in [1.807, 2.05) is 0 Å². The van der Waals surface area contributed by atoms with Gasteiger partial charge in [0.15, 0.2) is 18.9 Å². The van der Waals surface area contributed by atoms with Crippen molar-refractivity contribution in [1.82, 2.24) is 5.32 Å². The van der Waals surface area contributed by atoms with Gasteiger partial charge in [0.2, 0.25) is 5.91 Å². The molecule has 3 aliphatic heterocycles. The average Bonchev–Trinajstić information content (AvgIpc) is 2.80. The minimum absolute atomic E-state index is 0.0736. The van der Waals surface area contributed by atoms with Crippen molar-refractivity contribution in [2.75, 3.05) is 13.2 Å². The van der Waals surface area contributed by atoms with Crippen LogP contribution in [0.2, 0.25) is 0 Å². The zero-order valence-electron chi connectivity index (χ0n) is 19.2. The second-order valence-corrected chi connectivity index (χ2v) is 9.00. The van der Waals surface area contributed by atoms with Gasteiger partial charge < -0.3 is 69.9 Å². The van der Waals surface area contributed by atoms with Crippen LogP contribution >= 0.6 is 0 Å². The molecule has 0 radical (unpaired) electrons. The zero-order chi connectivity index (χ0) is 26.0. The summed E-state index contributed by atoms with van der Waals surface area (Å²) in [6.07, 6.45) is -18.0. The first-order chi connectivity index (χ1) is 16.4. The summed E-state index contributed by atoms with van der Waals surface area (Å²) in [5.41, 5.74) is 0. The molecule has 15 heteroatoms. The van der Waals surface area contributed by atoms with Crippen molar-refractivity contribution in [2.24, 2.45) is 0 Å². The van der Waals surface area contributed by atoms with Crippen LogP contribution in [0.15, 0.2) is 0 Å². The molecule has 1 amide bonds. The molecule has 0 unspecified atom stereocenters. The minimum atomic E-state index is -1.64. The number of hydrogen-bond donors (Lipinski definition) is 9. The third kappa shape index (κ3) is 6.45. The molecule has 204 valence electrons. The van der Waals surface area contributed by atoms with Crippen LogP contribution in [0.1, 0.15) is 20.3 Å². The number of rotatable bonds is 7. The fourth-order valence-electron chi connectivity index (χ4n) is 4.26. The maximum atomic E-state index is 11.7. The molecular formula is C20H35NO14. The van der Waals surface area contributed by atoms with Crippen molar-refractivity contribution in [1.29, 1.82) is 0 Å². The molecule has 0 aromatic carbocycles. The molecule has 3 saturated heterocycles. The van der Waals surface area contributed by atoms with Gasteiger partial charge in [0, 0.05) is 13.3 Å². The van der Waals surface area contributed by atoms with E-state index in [2.05, 4.69) is 5.32 Å². The SMILES string of the molecule is CC(=O)N[C@H]1[C@H](O[C@@H]2[C@@H](OC[C@@H]3C[C@H](O)[C@@H](O)[C@H](O)O3)O[C@H](C)[C@@H](O)[C@@H]2O)O[C@H](CO)[C@@H](O)[C@@H]1O. The smallest absolute Gasteiger partial charge is 0.217 e. The Balaban J connectivity index is 1.75. The number of amides is 1. The van der Waals surface area contributed by atoms with Crippen LogP contribution in [0, 0.1) is 0 Å². The Kier molecular flexibility index (Phi) is 9.78. The van der Waals surface area contributed by atoms with E-state index in [1.165, 1.54) is 6.92 Å². The summed E-state index contributed by atoms with van der Waals surface area (Å²) in [6.45, 7) is 1.67. The molecule has 9 N–H and O–H groups in total. The summed E-state index contributed by atoms with van der Waals surface area (Å²) in [6, 6.07) is -1.32. The van der Waals surface area contributed by atoms with Crippen LogP contribution in [0.5, 0.6) is 0 Å². The molecule has 3 heterocycles. The van der Waals surface area contributed by atoms with E-state index >= 15 is 0 Å². The van der Waals surface area contributed by atoms with Crippen molar-refractivity contribution < 1.29 is 69.3 Å². The normalized spacial score (nSPS) is 49.0. The van der Waals surface area contributed by atoms with E-state index in [0.29, 0.717) is 0 Å². The Morgan fingerprint density at radius 1 is 0.914 bits per heavy atom. The van der Waals surface area contributed by atoms with Crippen LogP contribution in [-0.4, -0.2) is 146 Å². The zero-order valence-corrected chi connectivity index (χ0v) is 19.2. The van der Waals surface area contributed by atoms with Gasteiger partial charge in [-0.25, -0.2) is 0 Å². The number of carbonyl (C=O) groups is 1. The first-order valence-corrected chi connectivity index (χ1v) is 11.3. The fourth-order valence-corrected chi connectivity index (χ4v) is 4.26. The largest absolute Gasteiger partial charge is 0.394 e. The highest BCUT2D eigenvalue weighted by atomic mass is 16.8. The third-order valence-electron chi connectivity index (χ3n) is 6.30. The summed E-state index contributed by atoms with van der Waals surface area (Å²) in [5.74, 6) is -0.587. The van der Waals surface area contributed by atoms with Gasteiger partial charge in [0.1, 0.15) is 48.8 Å². The average molecular weight is 513 g/mol. The van der Waals surface area contributed by atoms with Gasteiger partial charge in [-0.2, -0.15) is 0 Å². The van der Waals surface area contributed by atoms with Crippen LogP contribution in [0.25, 0.3) is 0 Å². The monoisotopic (exact) mass is 513 g/mol. The number of nitrogens with one attached hydrogen (secondary N) is 1. The highest BCUT2D eigenvalue weighted by Crippen LogP contribution is 2.30. The maximum absolute atomic E-state index is 11.7. The van der Waals surface area contributed by atoms with Crippen molar-refractivity contribution in [3.05, 3.63) is 0 Å². The van der Waals surface area contributed by atoms with Crippen LogP contribution in [-0.2, 0) is 28.5 Å². The minimum Gasteiger partial charge on any atom is -0.394 e. The van der Waals surface area contributed by atoms with E-state index in [1.54, 1.807) is 0 Å². The van der Waals surface area contributed by atoms with E-state index in [-0.39, 0.29) is 13.0 Å². The quantitative estimate of drug-likeness (QED) is 0.155. The molecule has 0 aromatic rings. The first-order valence-electron chi connectivity index (χ1n) is 11.3. The second kappa shape index (κ2) is 12.0. The fraction of sp³-hybridized carbons (Fsp3) is 0.950. The molecule has 0 aromatic heterocycles. The highest BCUT2D eigenvalue weighted by Gasteiger charge is 2.51. The number of hydrogen-bond acceptors (Lipinski definition) is 14. The Morgan fingerprint density at radius 2 is 1.60 bits per heavy atom. The summed E-state index contributed by atoms with van der Waals surface area (Å²) < 4.78 is 27.8. The molecule has 3 fully saturated rings. The predicted molar refractivity (Wildman–Crippen MR) is 110 cm³/mol. The van der Waals surface area contributed by atoms with Gasteiger partial charge >= 0.3 is 0 Å². The molecule has 0 spiro atoms. The standard InChI is InChI=1S/C20H35NO14/c1-6-12(25)16(29)17(20(32-6)31-5-8-3-9(24)13(26)18(30)33-8)35-19-11(21-7(2)23)15(28)14(27)10(4-22)34-19/h6,8-20,22,24-30H,3-5H2,1-2H3,(H,21,23)/t6-,8+,9+,10-,11-,12-,13-,14-,15-,16+,17+,18-,19+,20+/m1/s1. The van der Waals surface area contributed by atoms with E-state index in [4.69, 9.17) is 23.7 Å². The van der Waals surface area contributed by atoms with Crippen LogP contribution < -0.4 is 5.32 Å². The second-order valence-electron chi connectivity index (χ2n) is 9.00. The summed E-state index contributed by atoms with van der Waals surface area (Å²) >= 11 is 0. The Morgan fingerprint density at radius 3 is 2.20 bits per heavy atom. The summed E-state index contributed by atoms with van der Waals surface area (Å²) in [5, 5.41) is 82.7. The topological polar surface area (TPSA) is 237 Å². The molecule has 3 aliphatic rings. The van der Waals surface area contributed by atoms with Crippen LogP contribution in [0.3, 0.4) is 0 Å². The lowest BCUT2D eigenvalue weighted by molar-refractivity contribution is -0.356. The van der Waals surface area contributed by atoms with Gasteiger partial charge in [0.05, 0.1) is 31.5 Å². The highest BCUT2D eigenvalue weighted by molar-refractivity contribution is 5.73. The van der Waals surface area contributed by atoms with Crippen molar-refractivity contribution >= 4 is 5.91 Å². The number of carbonyl (C=O) groups excluding carboxylic acids is 1. The van der Waals surface area contributed by atoms with E-state index in [0.717, 1.165) is 6.92 Å². The molecule has 0 bridgehead atoms. The molecular weight excluding hydrogens is 478 g/mol. The number of aliphatic hydroxyl groups excluding tert-OH is 8. The molecule has 0 saturated carbocycles. The lowest BCUT2D eigenvalue weighted by Crippen LogP contribution is -2.67. The van der Waals surface area contributed by atoms with Gasteiger partial charge in [-0.3, -0.25) is 4.79 Å². The first kappa shape index (κ1) is 28.5. The van der Waals surface area contributed by atoms with Gasteiger partial charge in [0.25, 0.3) is 0 Å². The lowest BCUT2D eigenvalue weighted by Gasteiger charge is -2.47. The molecule has 0 aliphatic carbocycles. The third-order valence-corrected chi connectivity index (χ3v) is 6.30. The molecule has 3 rings (SSSR count). The van der Waals surface area contributed by atoms with Crippen molar-refractivity contribution in [3.8, 4) is 0 Å². The molecule has 35 heavy (non-hydrogen) atoms. The number of aliphatic hydroxyl groups is 8. The van der Waals surface area contributed by atoms with Gasteiger partial charge in [-0.05, 0) is 6.92 Å². The summed E-state index contributed by atoms with van der Waals surface area (Å²) in [7, 11) is 0. The predicted octanol–water partition coefficient (Wildman–Crippen LogP) is -5.37. The molecule has 14 atom stereocenters. The van der Waals surface area contributed by atoms with Crippen molar-refractivity contribution in [2.45, 2.75) is 106 Å². The maximum Gasteiger partial charge on any atom is 0.217 e. The Hall–Kier alpha value is -1.05. The van der Waals surface area contributed by atoms with Crippen molar-refractivity contribution in [3.63, 3.8) is 0 Å². The van der Waals surface area contributed by atoms with E-state index < -0.39 is 98.5 Å². The number of ether oxygens (including phenoxy) is 5. The molecule has 15 nitrogen and oxygen atoms in total. The Labute approximate surface area is 200 Å². The van der Waals surface area contributed by atoms with E-state index in [9.17, 15) is 45.6 Å². The van der Waals surface area contributed by atoms with Gasteiger partial charge in [-0.15, -0.1) is 0 Å². The summed E-state index contributed by atoms with van der Waals surface area (Å²) in [4.78, 5) is 11.7. The van der Waals surface area contributed by atoms with Crippen LogP contribution in [0.4, 0.5) is 0 Å². The Bertz CT molecular complexity index is 689. The lowest BCUT2D eigenvalue weighted by atomic mass is 9.96.